The molecule has 33 heavy (non-hydrogen) atoms. The van der Waals surface area contributed by atoms with Crippen LogP contribution in [0.4, 0.5) is 13.2 Å². The average Bonchev–Trinajstić information content (AvgIpc) is 3.37. The van der Waals surface area contributed by atoms with Crippen molar-refractivity contribution in [1.29, 1.82) is 0 Å². The normalized spacial score (nSPS) is 18.1. The number of hydrogen-bond acceptors (Lipinski definition) is 4. The second-order valence-corrected chi connectivity index (χ2v) is 8.19. The fourth-order valence-electron chi connectivity index (χ4n) is 4.76. The largest absolute Gasteiger partial charge is 0.327 e. The van der Waals surface area contributed by atoms with Gasteiger partial charge in [0, 0.05) is 36.6 Å². The average molecular weight is 454 g/mol. The van der Waals surface area contributed by atoms with Gasteiger partial charge in [-0.25, -0.2) is 22.7 Å². The standard InChI is InChI=1S/C23H21F3N6O/c1-4-14-10-15-20(29-30(3)21(15)13-8-17(24)19(26)18(25)9-13)12(2)32(14)23(33)16-11-28-31-7-5-6-27-22(16)31/h5-9,11-12,14H,4,10H2,1-3H3. The molecule has 1 aliphatic rings. The first kappa shape index (κ1) is 21.2. The molecule has 0 aliphatic carbocycles. The summed E-state index contributed by atoms with van der Waals surface area (Å²) in [6.45, 7) is 3.85. The lowest BCUT2D eigenvalue weighted by Crippen LogP contribution is -2.46. The van der Waals surface area contributed by atoms with Crippen LogP contribution in [0, 0.1) is 17.5 Å². The molecule has 1 amide bonds. The number of fused-ring (bicyclic) bond motifs is 2. The van der Waals surface area contributed by atoms with Gasteiger partial charge in [0.25, 0.3) is 5.91 Å². The molecule has 5 rings (SSSR count). The van der Waals surface area contributed by atoms with Gasteiger partial charge in [0.15, 0.2) is 23.1 Å². The van der Waals surface area contributed by atoms with E-state index in [1.54, 1.807) is 34.9 Å². The molecule has 0 N–H and O–H groups in total. The van der Waals surface area contributed by atoms with Crippen LogP contribution in [0.25, 0.3) is 16.9 Å². The third kappa shape index (κ3) is 3.20. The van der Waals surface area contributed by atoms with E-state index in [4.69, 9.17) is 0 Å². The molecule has 4 aromatic rings. The Kier molecular flexibility index (Phi) is 4.95. The lowest BCUT2D eigenvalue weighted by molar-refractivity contribution is 0.0547. The Bertz CT molecular complexity index is 1370. The van der Waals surface area contributed by atoms with E-state index in [2.05, 4.69) is 15.2 Å². The predicted octanol–water partition coefficient (Wildman–Crippen LogP) is 4.09. The Hall–Kier alpha value is -3.69. The number of amides is 1. The summed E-state index contributed by atoms with van der Waals surface area (Å²) in [5.41, 5.74) is 3.01. The lowest BCUT2D eigenvalue weighted by Gasteiger charge is -2.39. The van der Waals surface area contributed by atoms with Crippen molar-refractivity contribution in [1.82, 2.24) is 29.3 Å². The molecule has 2 atom stereocenters. The Morgan fingerprint density at radius 1 is 1.21 bits per heavy atom. The summed E-state index contributed by atoms with van der Waals surface area (Å²) in [6.07, 6.45) is 5.93. The Balaban J connectivity index is 1.60. The SMILES string of the molecule is CCC1Cc2c(nn(C)c2-c2cc(F)c(F)c(F)c2)C(C)N1C(=O)c1cnn2cccnc12. The van der Waals surface area contributed by atoms with Crippen LogP contribution in [0.3, 0.4) is 0 Å². The summed E-state index contributed by atoms with van der Waals surface area (Å²) in [4.78, 5) is 19.7. The first-order valence-corrected chi connectivity index (χ1v) is 10.6. The van der Waals surface area contributed by atoms with Crippen molar-refractivity contribution in [3.8, 4) is 11.3 Å². The Morgan fingerprint density at radius 2 is 1.94 bits per heavy atom. The molecule has 0 saturated heterocycles. The van der Waals surface area contributed by atoms with Crippen LogP contribution in [0.5, 0.6) is 0 Å². The van der Waals surface area contributed by atoms with Crippen molar-refractivity contribution in [3.63, 3.8) is 0 Å². The van der Waals surface area contributed by atoms with Crippen LogP contribution in [0.2, 0.25) is 0 Å². The minimum Gasteiger partial charge on any atom is -0.327 e. The molecule has 4 heterocycles. The van der Waals surface area contributed by atoms with Crippen LogP contribution >= 0.6 is 0 Å². The Morgan fingerprint density at radius 3 is 2.64 bits per heavy atom. The second kappa shape index (κ2) is 7.72. The maximum Gasteiger partial charge on any atom is 0.260 e. The molecule has 1 aromatic carbocycles. The topological polar surface area (TPSA) is 68.3 Å². The number of benzene rings is 1. The number of halogens is 3. The molecule has 10 heteroatoms. The predicted molar refractivity (Wildman–Crippen MR) is 114 cm³/mol. The van der Waals surface area contributed by atoms with Gasteiger partial charge in [-0.05, 0) is 38.0 Å². The monoisotopic (exact) mass is 454 g/mol. The van der Waals surface area contributed by atoms with E-state index in [1.807, 2.05) is 13.8 Å². The van der Waals surface area contributed by atoms with Gasteiger partial charge in [-0.1, -0.05) is 6.92 Å². The van der Waals surface area contributed by atoms with Crippen LogP contribution in [0.15, 0.2) is 36.8 Å². The van der Waals surface area contributed by atoms with Crippen LogP contribution in [0.1, 0.15) is 47.9 Å². The number of nitrogens with zero attached hydrogens (tertiary/aromatic N) is 6. The van der Waals surface area contributed by atoms with Gasteiger partial charge in [-0.3, -0.25) is 9.48 Å². The molecule has 0 spiro atoms. The van der Waals surface area contributed by atoms with E-state index in [0.29, 0.717) is 35.4 Å². The van der Waals surface area contributed by atoms with E-state index in [-0.39, 0.29) is 17.5 Å². The third-order valence-electron chi connectivity index (χ3n) is 6.30. The summed E-state index contributed by atoms with van der Waals surface area (Å²) in [7, 11) is 1.67. The smallest absolute Gasteiger partial charge is 0.260 e. The highest BCUT2D eigenvalue weighted by Crippen LogP contribution is 2.40. The molecule has 0 saturated carbocycles. The van der Waals surface area contributed by atoms with Gasteiger partial charge in [-0.15, -0.1) is 0 Å². The van der Waals surface area contributed by atoms with Crippen LogP contribution in [-0.4, -0.2) is 41.2 Å². The van der Waals surface area contributed by atoms with E-state index in [1.165, 1.54) is 10.9 Å². The van der Waals surface area contributed by atoms with Gasteiger partial charge in [0.2, 0.25) is 0 Å². The highest BCUT2D eigenvalue weighted by atomic mass is 19.2. The number of rotatable bonds is 3. The number of hydrogen-bond donors (Lipinski definition) is 0. The van der Waals surface area contributed by atoms with Gasteiger partial charge < -0.3 is 4.90 Å². The van der Waals surface area contributed by atoms with E-state index in [9.17, 15) is 18.0 Å². The minimum absolute atomic E-state index is 0.184. The van der Waals surface area contributed by atoms with Crippen molar-refractivity contribution in [2.75, 3.05) is 0 Å². The highest BCUT2D eigenvalue weighted by molar-refractivity contribution is 6.00. The number of carbonyl (C=O) groups is 1. The molecule has 170 valence electrons. The quantitative estimate of drug-likeness (QED) is 0.438. The molecule has 3 aromatic heterocycles. The van der Waals surface area contributed by atoms with Gasteiger partial charge >= 0.3 is 0 Å². The second-order valence-electron chi connectivity index (χ2n) is 8.19. The van der Waals surface area contributed by atoms with Gasteiger partial charge in [0.1, 0.15) is 5.56 Å². The fraction of sp³-hybridized carbons (Fsp3) is 0.304. The minimum atomic E-state index is -1.51. The highest BCUT2D eigenvalue weighted by Gasteiger charge is 2.39. The van der Waals surface area contributed by atoms with Crippen LogP contribution < -0.4 is 0 Å². The summed E-state index contributed by atoms with van der Waals surface area (Å²) >= 11 is 0. The molecular formula is C23H21F3N6O. The zero-order valence-electron chi connectivity index (χ0n) is 18.3. The van der Waals surface area contributed by atoms with Crippen LogP contribution in [-0.2, 0) is 13.5 Å². The number of carbonyl (C=O) groups excluding carboxylic acids is 1. The van der Waals surface area contributed by atoms with Crippen molar-refractivity contribution in [2.24, 2.45) is 7.05 Å². The van der Waals surface area contributed by atoms with E-state index >= 15 is 0 Å². The Labute approximate surface area is 187 Å². The van der Waals surface area contributed by atoms with Crippen molar-refractivity contribution in [2.45, 2.75) is 38.8 Å². The van der Waals surface area contributed by atoms with E-state index in [0.717, 1.165) is 17.7 Å². The summed E-state index contributed by atoms with van der Waals surface area (Å²) < 4.78 is 44.5. The molecular weight excluding hydrogens is 433 g/mol. The first-order chi connectivity index (χ1) is 15.8. The summed E-state index contributed by atoms with van der Waals surface area (Å²) in [5.74, 6) is -4.23. The maximum atomic E-state index is 14.0. The third-order valence-corrected chi connectivity index (χ3v) is 6.30. The summed E-state index contributed by atoms with van der Waals surface area (Å²) in [5, 5.41) is 8.80. The first-order valence-electron chi connectivity index (χ1n) is 10.6. The lowest BCUT2D eigenvalue weighted by atomic mass is 9.89. The van der Waals surface area contributed by atoms with Crippen molar-refractivity contribution >= 4 is 11.6 Å². The maximum absolute atomic E-state index is 14.0. The molecule has 2 unspecified atom stereocenters. The fourth-order valence-corrected chi connectivity index (χ4v) is 4.76. The zero-order valence-corrected chi connectivity index (χ0v) is 18.3. The van der Waals surface area contributed by atoms with E-state index < -0.39 is 23.5 Å². The van der Waals surface area contributed by atoms with Crippen molar-refractivity contribution < 1.29 is 18.0 Å². The number of aromatic nitrogens is 5. The number of aryl methyl sites for hydroxylation is 1. The molecule has 1 aliphatic heterocycles. The molecule has 0 fully saturated rings. The zero-order chi connectivity index (χ0) is 23.4. The molecule has 0 radical (unpaired) electrons. The van der Waals surface area contributed by atoms with Crippen molar-refractivity contribution in [3.05, 3.63) is 71.1 Å². The van der Waals surface area contributed by atoms with Gasteiger partial charge in [0.05, 0.1) is 23.6 Å². The molecule has 0 bridgehead atoms. The van der Waals surface area contributed by atoms with Gasteiger partial charge in [-0.2, -0.15) is 10.2 Å². The molecule has 7 nitrogen and oxygen atoms in total. The summed E-state index contributed by atoms with van der Waals surface area (Å²) in [6, 6.07) is 3.10.